The first kappa shape index (κ1) is 14.3. The highest BCUT2D eigenvalue weighted by Gasteiger charge is 2.16. The second-order valence-electron chi connectivity index (χ2n) is 4.17. The minimum absolute atomic E-state index is 0.0150. The summed E-state index contributed by atoms with van der Waals surface area (Å²) >= 11 is 12.9. The number of rotatable bonds is 2. The van der Waals surface area contributed by atoms with Crippen LogP contribution >= 0.6 is 34.5 Å². The molecule has 108 valence electrons. The number of thiazole rings is 1. The van der Waals surface area contributed by atoms with Crippen LogP contribution in [0.1, 0.15) is 0 Å². The molecule has 0 atom stereocenters. The summed E-state index contributed by atoms with van der Waals surface area (Å²) in [7, 11) is 0. The highest BCUT2D eigenvalue weighted by atomic mass is 35.5. The Labute approximate surface area is 131 Å². The van der Waals surface area contributed by atoms with E-state index in [9.17, 15) is 13.9 Å². The van der Waals surface area contributed by atoms with E-state index in [0.717, 1.165) is 6.07 Å². The number of aromatic amines is 1. The molecule has 2 N–H and O–H groups in total. The second-order valence-corrected chi connectivity index (χ2v) is 5.81. The number of phenolic OH excluding ortho intramolecular Hbond substituents is 1. The Morgan fingerprint density at radius 2 is 1.95 bits per heavy atom. The summed E-state index contributed by atoms with van der Waals surface area (Å²) in [6.45, 7) is 0. The molecule has 0 aliphatic heterocycles. The van der Waals surface area contributed by atoms with Gasteiger partial charge in [0.25, 0.3) is 0 Å². The van der Waals surface area contributed by atoms with Crippen molar-refractivity contribution in [1.29, 1.82) is 0 Å². The fourth-order valence-electron chi connectivity index (χ4n) is 1.80. The molecule has 1 aromatic carbocycles. The molecule has 0 saturated carbocycles. The van der Waals surface area contributed by atoms with E-state index in [1.807, 2.05) is 0 Å². The summed E-state index contributed by atoms with van der Waals surface area (Å²) in [5.74, 6) is -2.47. The van der Waals surface area contributed by atoms with Gasteiger partial charge in [0.2, 0.25) is 0 Å². The van der Waals surface area contributed by atoms with Crippen LogP contribution in [0.25, 0.3) is 22.0 Å². The molecule has 3 aromatic rings. The number of hydrogen-bond acceptors (Lipinski definition) is 3. The molecule has 0 radical (unpaired) electrons. The number of H-pyrrole nitrogens is 1. The van der Waals surface area contributed by atoms with Crippen LogP contribution in [0.2, 0.25) is 10.2 Å². The zero-order chi connectivity index (χ0) is 15.1. The summed E-state index contributed by atoms with van der Waals surface area (Å²) in [6.07, 6.45) is 0. The van der Waals surface area contributed by atoms with Crippen molar-refractivity contribution < 1.29 is 13.9 Å². The van der Waals surface area contributed by atoms with Gasteiger partial charge in [-0.1, -0.05) is 23.2 Å². The van der Waals surface area contributed by atoms with E-state index in [-0.39, 0.29) is 16.4 Å². The summed E-state index contributed by atoms with van der Waals surface area (Å²) in [5.41, 5.74) is 0.823. The van der Waals surface area contributed by atoms with Crippen molar-refractivity contribution in [2.24, 2.45) is 0 Å². The maximum Gasteiger partial charge on any atom is 0.168 e. The van der Waals surface area contributed by atoms with Crippen LogP contribution in [0.5, 0.6) is 5.75 Å². The molecule has 0 fully saturated rings. The smallest absolute Gasteiger partial charge is 0.168 e. The van der Waals surface area contributed by atoms with Gasteiger partial charge in [-0.2, -0.15) is 0 Å². The number of nitrogens with zero attached hydrogens (tertiary/aromatic N) is 1. The largest absolute Gasteiger partial charge is 0.504 e. The van der Waals surface area contributed by atoms with E-state index in [1.165, 1.54) is 11.3 Å². The lowest BCUT2D eigenvalue weighted by Crippen LogP contribution is -1.87. The molecule has 0 unspecified atom stereocenters. The molecule has 3 nitrogen and oxygen atoms in total. The SMILES string of the molecule is Oc1c(F)cc(F)cc1-c1csc(-c2cc(Cl)c(Cl)[nH]2)n1. The number of phenols is 1. The normalized spacial score (nSPS) is 11.0. The Morgan fingerprint density at radius 1 is 1.19 bits per heavy atom. The lowest BCUT2D eigenvalue weighted by atomic mass is 10.1. The Hall–Kier alpha value is -1.63. The van der Waals surface area contributed by atoms with E-state index < -0.39 is 17.4 Å². The van der Waals surface area contributed by atoms with Gasteiger partial charge >= 0.3 is 0 Å². The minimum atomic E-state index is -1.04. The monoisotopic (exact) mass is 346 g/mol. The van der Waals surface area contributed by atoms with Gasteiger partial charge < -0.3 is 10.1 Å². The minimum Gasteiger partial charge on any atom is -0.504 e. The summed E-state index contributed by atoms with van der Waals surface area (Å²) in [6, 6.07) is 3.22. The van der Waals surface area contributed by atoms with E-state index >= 15 is 0 Å². The molecule has 8 heteroatoms. The van der Waals surface area contributed by atoms with Crippen LogP contribution in [0, 0.1) is 11.6 Å². The molecule has 0 aliphatic rings. The van der Waals surface area contributed by atoms with Gasteiger partial charge in [-0.3, -0.25) is 0 Å². The van der Waals surface area contributed by atoms with Gasteiger partial charge in [0.15, 0.2) is 11.6 Å². The van der Waals surface area contributed by atoms with Crippen LogP contribution < -0.4 is 0 Å². The first-order valence-corrected chi connectivity index (χ1v) is 7.27. The topological polar surface area (TPSA) is 48.9 Å². The first-order chi connectivity index (χ1) is 9.95. The fourth-order valence-corrected chi connectivity index (χ4v) is 2.91. The van der Waals surface area contributed by atoms with E-state index in [1.54, 1.807) is 11.4 Å². The standard InChI is InChI=1S/C13H6Cl2F2N2OS/c14-7-3-9(18-12(7)15)13-19-10(4-21-13)6-1-5(16)2-8(17)11(6)20/h1-4,18,20H. The van der Waals surface area contributed by atoms with Crippen LogP contribution in [0.4, 0.5) is 8.78 Å². The van der Waals surface area contributed by atoms with E-state index in [2.05, 4.69) is 9.97 Å². The van der Waals surface area contributed by atoms with Crippen LogP contribution in [-0.4, -0.2) is 15.1 Å². The van der Waals surface area contributed by atoms with Gasteiger partial charge in [0.1, 0.15) is 16.0 Å². The summed E-state index contributed by atoms with van der Waals surface area (Å²) in [5, 5.41) is 12.4. The van der Waals surface area contributed by atoms with Crippen molar-refractivity contribution in [3.05, 3.63) is 45.4 Å². The number of nitrogens with one attached hydrogen (secondary N) is 1. The maximum absolute atomic E-state index is 13.4. The molecule has 0 amide bonds. The molecule has 0 bridgehead atoms. The first-order valence-electron chi connectivity index (χ1n) is 5.64. The Bertz CT molecular complexity index is 812. The molecule has 0 saturated heterocycles. The molecule has 0 spiro atoms. The number of aromatic hydroxyl groups is 1. The van der Waals surface area contributed by atoms with Gasteiger partial charge in [0.05, 0.1) is 16.4 Å². The average Bonchev–Trinajstić information content (AvgIpc) is 3.02. The Morgan fingerprint density at radius 3 is 2.62 bits per heavy atom. The molecule has 21 heavy (non-hydrogen) atoms. The molecule has 3 rings (SSSR count). The van der Waals surface area contributed by atoms with Crippen molar-refractivity contribution in [2.45, 2.75) is 0 Å². The van der Waals surface area contributed by atoms with Crippen LogP contribution in [-0.2, 0) is 0 Å². The summed E-state index contributed by atoms with van der Waals surface area (Å²) in [4.78, 5) is 7.06. The molecular weight excluding hydrogens is 341 g/mol. The third-order valence-corrected chi connectivity index (χ3v) is 4.33. The molecule has 2 aromatic heterocycles. The maximum atomic E-state index is 13.4. The van der Waals surface area contributed by atoms with E-state index in [4.69, 9.17) is 23.2 Å². The number of hydrogen-bond donors (Lipinski definition) is 2. The van der Waals surface area contributed by atoms with Gasteiger partial charge in [0, 0.05) is 17.0 Å². The zero-order valence-electron chi connectivity index (χ0n) is 10.1. The third kappa shape index (κ3) is 2.62. The summed E-state index contributed by atoms with van der Waals surface area (Å²) < 4.78 is 26.6. The predicted molar refractivity (Wildman–Crippen MR) is 78.9 cm³/mol. The lowest BCUT2D eigenvalue weighted by molar-refractivity contribution is 0.430. The number of halogens is 4. The Balaban J connectivity index is 2.06. The highest BCUT2D eigenvalue weighted by molar-refractivity contribution is 7.13. The van der Waals surface area contributed by atoms with Gasteiger partial charge in [-0.05, 0) is 12.1 Å². The Kier molecular flexibility index (Phi) is 3.61. The van der Waals surface area contributed by atoms with Crippen molar-refractivity contribution in [1.82, 2.24) is 9.97 Å². The van der Waals surface area contributed by atoms with E-state index in [0.29, 0.717) is 21.8 Å². The molecule has 2 heterocycles. The van der Waals surface area contributed by atoms with Gasteiger partial charge in [-0.15, -0.1) is 11.3 Å². The van der Waals surface area contributed by atoms with Crippen molar-refractivity contribution >= 4 is 34.5 Å². The quantitative estimate of drug-likeness (QED) is 0.678. The van der Waals surface area contributed by atoms with Crippen molar-refractivity contribution in [2.75, 3.05) is 0 Å². The molecule has 0 aliphatic carbocycles. The lowest BCUT2D eigenvalue weighted by Gasteiger charge is -2.02. The van der Waals surface area contributed by atoms with Gasteiger partial charge in [-0.25, -0.2) is 13.8 Å². The zero-order valence-corrected chi connectivity index (χ0v) is 12.5. The fraction of sp³-hybridized carbons (Fsp3) is 0. The third-order valence-electron chi connectivity index (χ3n) is 2.76. The van der Waals surface area contributed by atoms with Crippen LogP contribution in [0.15, 0.2) is 23.6 Å². The molecular formula is C13H6Cl2F2N2OS. The number of aromatic nitrogens is 2. The van der Waals surface area contributed by atoms with Crippen LogP contribution in [0.3, 0.4) is 0 Å². The predicted octanol–water partition coefficient (Wildman–Crippen LogP) is 5.10. The second kappa shape index (κ2) is 5.29. The number of benzene rings is 1. The average molecular weight is 347 g/mol. The highest BCUT2D eigenvalue weighted by Crippen LogP contribution is 2.36. The van der Waals surface area contributed by atoms with Crippen molar-refractivity contribution in [3.8, 4) is 27.7 Å². The van der Waals surface area contributed by atoms with Crippen molar-refractivity contribution in [3.63, 3.8) is 0 Å².